The summed E-state index contributed by atoms with van der Waals surface area (Å²) in [5, 5.41) is 14.3. The van der Waals surface area contributed by atoms with E-state index in [0.29, 0.717) is 34.2 Å². The molecule has 2 heterocycles. The molecule has 8 nitrogen and oxygen atoms in total. The molecule has 0 saturated heterocycles. The summed E-state index contributed by atoms with van der Waals surface area (Å²) in [5.74, 6) is 1.86. The zero-order valence-electron chi connectivity index (χ0n) is 16.9. The van der Waals surface area contributed by atoms with Gasteiger partial charge in [-0.3, -0.25) is 4.79 Å². The van der Waals surface area contributed by atoms with Crippen molar-refractivity contribution in [3.8, 4) is 22.9 Å². The van der Waals surface area contributed by atoms with E-state index in [-0.39, 0.29) is 11.2 Å². The maximum Gasteiger partial charge on any atom is 0.239 e. The Kier molecular flexibility index (Phi) is 6.75. The number of hydrogen-bond donors (Lipinski definition) is 1. The van der Waals surface area contributed by atoms with Gasteiger partial charge >= 0.3 is 0 Å². The number of benzene rings is 1. The van der Waals surface area contributed by atoms with Gasteiger partial charge in [-0.1, -0.05) is 11.8 Å². The van der Waals surface area contributed by atoms with Gasteiger partial charge in [0.05, 0.1) is 25.2 Å². The number of aromatic nitrogens is 4. The Balaban J connectivity index is 1.79. The molecular formula is C19H23N5O3S2. The van der Waals surface area contributed by atoms with E-state index in [1.807, 2.05) is 48.9 Å². The predicted octanol–water partition coefficient (Wildman–Crippen LogP) is 3.87. The van der Waals surface area contributed by atoms with Crippen LogP contribution in [0.25, 0.3) is 11.4 Å². The number of thiazole rings is 1. The van der Waals surface area contributed by atoms with Crippen LogP contribution in [0, 0.1) is 6.92 Å². The average molecular weight is 434 g/mol. The average Bonchev–Trinajstić information content (AvgIpc) is 3.32. The van der Waals surface area contributed by atoms with Crippen LogP contribution in [-0.2, 0) is 11.3 Å². The van der Waals surface area contributed by atoms with E-state index in [1.54, 1.807) is 14.2 Å². The lowest BCUT2D eigenvalue weighted by atomic mass is 10.2. The number of thioether (sulfide) groups is 1. The molecule has 1 aromatic carbocycles. The van der Waals surface area contributed by atoms with Crippen molar-refractivity contribution in [2.45, 2.75) is 37.7 Å². The Labute approximate surface area is 177 Å². The number of carbonyl (C=O) groups is 1. The molecule has 1 atom stereocenters. The third-order valence-corrected chi connectivity index (χ3v) is 6.13. The molecule has 0 radical (unpaired) electrons. The molecule has 10 heteroatoms. The van der Waals surface area contributed by atoms with E-state index in [9.17, 15) is 4.79 Å². The lowest BCUT2D eigenvalue weighted by Crippen LogP contribution is -2.22. The minimum absolute atomic E-state index is 0.123. The Morgan fingerprint density at radius 1 is 1.28 bits per heavy atom. The summed E-state index contributed by atoms with van der Waals surface area (Å²) in [5.41, 5.74) is 1.75. The smallest absolute Gasteiger partial charge is 0.239 e. The van der Waals surface area contributed by atoms with Crippen LogP contribution >= 0.6 is 23.1 Å². The van der Waals surface area contributed by atoms with Crippen LogP contribution in [-0.4, -0.2) is 45.1 Å². The van der Waals surface area contributed by atoms with Crippen LogP contribution in [0.4, 0.5) is 5.13 Å². The monoisotopic (exact) mass is 433 g/mol. The molecule has 0 aliphatic heterocycles. The number of amides is 1. The van der Waals surface area contributed by atoms with Crippen LogP contribution in [0.15, 0.2) is 28.7 Å². The highest BCUT2D eigenvalue weighted by atomic mass is 32.2. The minimum Gasteiger partial charge on any atom is -0.493 e. The number of aryl methyl sites for hydroxylation is 1. The number of hydrogen-bond acceptors (Lipinski definition) is 8. The number of carbonyl (C=O) groups excluding carboxylic acids is 1. The van der Waals surface area contributed by atoms with E-state index in [1.165, 1.54) is 23.1 Å². The highest BCUT2D eigenvalue weighted by Gasteiger charge is 2.21. The van der Waals surface area contributed by atoms with E-state index in [4.69, 9.17) is 9.47 Å². The summed E-state index contributed by atoms with van der Waals surface area (Å²) in [6.07, 6.45) is 0. The molecule has 3 rings (SSSR count). The van der Waals surface area contributed by atoms with Gasteiger partial charge in [0, 0.05) is 17.5 Å². The Morgan fingerprint density at radius 2 is 2.03 bits per heavy atom. The molecule has 0 bridgehead atoms. The van der Waals surface area contributed by atoms with Gasteiger partial charge in [-0.2, -0.15) is 0 Å². The predicted molar refractivity (Wildman–Crippen MR) is 115 cm³/mol. The van der Waals surface area contributed by atoms with E-state index in [0.717, 1.165) is 11.3 Å². The SMILES string of the molecule is CCn1c(S[C@H](C)C(=O)Nc2nc(C)cs2)nnc1-c1ccc(OC)c(OC)c1. The summed E-state index contributed by atoms with van der Waals surface area (Å²) in [7, 11) is 3.19. The molecule has 154 valence electrons. The van der Waals surface area contributed by atoms with Gasteiger partial charge in [-0.05, 0) is 39.0 Å². The van der Waals surface area contributed by atoms with Crippen molar-refractivity contribution in [1.82, 2.24) is 19.7 Å². The third-order valence-electron chi connectivity index (χ3n) is 4.18. The third kappa shape index (κ3) is 4.70. The molecule has 3 aromatic rings. The van der Waals surface area contributed by atoms with Gasteiger partial charge in [0.2, 0.25) is 5.91 Å². The molecule has 0 aliphatic carbocycles. The fraction of sp³-hybridized carbons (Fsp3) is 0.368. The first-order valence-electron chi connectivity index (χ1n) is 9.02. The van der Waals surface area contributed by atoms with Crippen molar-refractivity contribution in [3.05, 3.63) is 29.3 Å². The zero-order chi connectivity index (χ0) is 21.0. The molecule has 0 aliphatic rings. The lowest BCUT2D eigenvalue weighted by Gasteiger charge is -2.12. The van der Waals surface area contributed by atoms with Gasteiger partial charge in [-0.25, -0.2) is 4.98 Å². The standard InChI is InChI=1S/C19H23N5O3S2/c1-6-24-16(13-7-8-14(26-4)15(9-13)27-5)22-23-19(24)29-12(3)17(25)21-18-20-11(2)10-28-18/h7-10,12H,6H2,1-5H3,(H,20,21,25)/t12-/m1/s1. The van der Waals surface area contributed by atoms with Gasteiger partial charge in [-0.15, -0.1) is 21.5 Å². The van der Waals surface area contributed by atoms with Gasteiger partial charge in [0.15, 0.2) is 27.6 Å². The summed E-state index contributed by atoms with van der Waals surface area (Å²) in [4.78, 5) is 16.8. The molecule has 0 saturated carbocycles. The minimum atomic E-state index is -0.355. The first kappa shape index (κ1) is 21.1. The van der Waals surface area contributed by atoms with Crippen molar-refractivity contribution < 1.29 is 14.3 Å². The van der Waals surface area contributed by atoms with E-state index in [2.05, 4.69) is 20.5 Å². The van der Waals surface area contributed by atoms with Crippen LogP contribution in [0.1, 0.15) is 19.5 Å². The second kappa shape index (κ2) is 9.27. The fourth-order valence-electron chi connectivity index (χ4n) is 2.68. The van der Waals surface area contributed by atoms with Crippen LogP contribution in [0.2, 0.25) is 0 Å². The second-order valence-electron chi connectivity index (χ2n) is 6.16. The largest absolute Gasteiger partial charge is 0.493 e. The van der Waals surface area contributed by atoms with Crippen molar-refractivity contribution in [1.29, 1.82) is 0 Å². The lowest BCUT2D eigenvalue weighted by molar-refractivity contribution is -0.115. The highest BCUT2D eigenvalue weighted by Crippen LogP contribution is 2.33. The Morgan fingerprint density at radius 3 is 2.66 bits per heavy atom. The van der Waals surface area contributed by atoms with Gasteiger partial charge in [0.25, 0.3) is 0 Å². The number of rotatable bonds is 8. The van der Waals surface area contributed by atoms with Gasteiger partial charge < -0.3 is 19.4 Å². The van der Waals surface area contributed by atoms with Crippen molar-refractivity contribution in [3.63, 3.8) is 0 Å². The fourth-order valence-corrected chi connectivity index (χ4v) is 4.28. The molecule has 2 aromatic heterocycles. The maximum atomic E-state index is 12.5. The summed E-state index contributed by atoms with van der Waals surface area (Å²) in [6, 6.07) is 5.61. The number of ether oxygens (including phenoxy) is 2. The number of anilines is 1. The van der Waals surface area contributed by atoms with Crippen molar-refractivity contribution in [2.24, 2.45) is 0 Å². The molecule has 1 N–H and O–H groups in total. The Hall–Kier alpha value is -2.59. The molecule has 0 unspecified atom stereocenters. The van der Waals surface area contributed by atoms with Crippen LogP contribution < -0.4 is 14.8 Å². The molecule has 29 heavy (non-hydrogen) atoms. The quantitative estimate of drug-likeness (QED) is 0.539. The van der Waals surface area contributed by atoms with E-state index < -0.39 is 0 Å². The summed E-state index contributed by atoms with van der Waals surface area (Å²) < 4.78 is 12.7. The maximum absolute atomic E-state index is 12.5. The second-order valence-corrected chi connectivity index (χ2v) is 8.33. The number of nitrogens with one attached hydrogen (secondary N) is 1. The molecule has 0 spiro atoms. The zero-order valence-corrected chi connectivity index (χ0v) is 18.6. The highest BCUT2D eigenvalue weighted by molar-refractivity contribution is 8.00. The van der Waals surface area contributed by atoms with Crippen molar-refractivity contribution >= 4 is 34.1 Å². The molecular weight excluding hydrogens is 410 g/mol. The summed E-state index contributed by atoms with van der Waals surface area (Å²) in [6.45, 7) is 6.41. The topological polar surface area (TPSA) is 91.2 Å². The van der Waals surface area contributed by atoms with Crippen LogP contribution in [0.3, 0.4) is 0 Å². The van der Waals surface area contributed by atoms with Crippen molar-refractivity contribution in [2.75, 3.05) is 19.5 Å². The Bertz CT molecular complexity index is 1000. The molecule has 1 amide bonds. The normalized spacial score (nSPS) is 11.9. The number of methoxy groups -OCH3 is 2. The number of nitrogens with zero attached hydrogens (tertiary/aromatic N) is 4. The van der Waals surface area contributed by atoms with E-state index >= 15 is 0 Å². The first-order chi connectivity index (χ1) is 14.0. The van der Waals surface area contributed by atoms with Crippen LogP contribution in [0.5, 0.6) is 11.5 Å². The summed E-state index contributed by atoms with van der Waals surface area (Å²) >= 11 is 2.77. The van der Waals surface area contributed by atoms with Gasteiger partial charge in [0.1, 0.15) is 0 Å². The molecule has 0 fully saturated rings. The first-order valence-corrected chi connectivity index (χ1v) is 10.8.